The summed E-state index contributed by atoms with van der Waals surface area (Å²) in [4.78, 5) is 0. The van der Waals surface area contributed by atoms with E-state index in [9.17, 15) is 0 Å². The molecule has 0 atom stereocenters. The number of anilines is 1. The van der Waals surface area contributed by atoms with Gasteiger partial charge in [0.05, 0.1) is 13.3 Å². The molecule has 90 valence electrons. The molecule has 0 spiro atoms. The summed E-state index contributed by atoms with van der Waals surface area (Å²) in [5.41, 5.74) is 8.88. The van der Waals surface area contributed by atoms with Gasteiger partial charge in [0.1, 0.15) is 11.6 Å². The molecule has 2 N–H and O–H groups in total. The third-order valence-corrected chi connectivity index (χ3v) is 3.42. The SMILES string of the molecule is COc1c(C)ccc(Br)c1-c1cnn(C)c1N. The second-order valence-corrected chi connectivity index (χ2v) is 4.69. The Bertz CT molecular complexity index is 563. The Kier molecular flexibility index (Phi) is 3.11. The third-order valence-electron chi connectivity index (χ3n) is 2.76. The van der Waals surface area contributed by atoms with Crippen molar-refractivity contribution in [2.45, 2.75) is 6.92 Å². The van der Waals surface area contributed by atoms with Crippen molar-refractivity contribution in [3.63, 3.8) is 0 Å². The van der Waals surface area contributed by atoms with Crippen LogP contribution in [0.3, 0.4) is 0 Å². The van der Waals surface area contributed by atoms with Crippen molar-refractivity contribution in [2.75, 3.05) is 12.8 Å². The first kappa shape index (κ1) is 12.0. The summed E-state index contributed by atoms with van der Waals surface area (Å²) in [5.74, 6) is 1.44. The second-order valence-electron chi connectivity index (χ2n) is 3.84. The van der Waals surface area contributed by atoms with E-state index in [0.29, 0.717) is 5.82 Å². The highest BCUT2D eigenvalue weighted by molar-refractivity contribution is 9.10. The molecule has 0 aliphatic heterocycles. The fourth-order valence-electron chi connectivity index (χ4n) is 1.82. The number of hydrogen-bond donors (Lipinski definition) is 1. The minimum absolute atomic E-state index is 0.620. The zero-order valence-corrected chi connectivity index (χ0v) is 11.6. The molecule has 1 aromatic heterocycles. The van der Waals surface area contributed by atoms with Crippen LogP contribution in [0.15, 0.2) is 22.8 Å². The van der Waals surface area contributed by atoms with Crippen LogP contribution in [-0.4, -0.2) is 16.9 Å². The number of benzene rings is 1. The Labute approximate surface area is 109 Å². The summed E-state index contributed by atoms with van der Waals surface area (Å²) in [6.07, 6.45) is 1.75. The summed E-state index contributed by atoms with van der Waals surface area (Å²) < 4.78 is 8.04. The van der Waals surface area contributed by atoms with Gasteiger partial charge in [-0.15, -0.1) is 0 Å². The standard InChI is InChI=1S/C12H14BrN3O/c1-7-4-5-9(13)10(11(7)17-3)8-6-15-16(2)12(8)14/h4-6H,14H2,1-3H3. The molecular weight excluding hydrogens is 282 g/mol. The van der Waals surface area contributed by atoms with Crippen molar-refractivity contribution in [3.8, 4) is 16.9 Å². The number of aryl methyl sites for hydroxylation is 2. The van der Waals surface area contributed by atoms with E-state index >= 15 is 0 Å². The second kappa shape index (κ2) is 4.41. The van der Waals surface area contributed by atoms with Gasteiger partial charge in [-0.3, -0.25) is 4.68 Å². The minimum atomic E-state index is 0.620. The molecule has 2 aromatic rings. The Morgan fingerprint density at radius 2 is 2.12 bits per heavy atom. The number of nitrogens with two attached hydrogens (primary N) is 1. The van der Waals surface area contributed by atoms with Gasteiger partial charge in [0, 0.05) is 22.6 Å². The third kappa shape index (κ3) is 1.91. The molecule has 1 heterocycles. The van der Waals surface area contributed by atoms with Crippen molar-refractivity contribution in [3.05, 3.63) is 28.4 Å². The molecule has 0 fully saturated rings. The Morgan fingerprint density at radius 3 is 2.65 bits per heavy atom. The number of methoxy groups -OCH3 is 1. The molecule has 0 unspecified atom stereocenters. The van der Waals surface area contributed by atoms with Crippen LogP contribution in [0, 0.1) is 6.92 Å². The van der Waals surface area contributed by atoms with Crippen LogP contribution in [0.2, 0.25) is 0 Å². The fraction of sp³-hybridized carbons (Fsp3) is 0.250. The van der Waals surface area contributed by atoms with E-state index in [1.807, 2.05) is 26.1 Å². The first-order valence-corrected chi connectivity index (χ1v) is 5.96. The summed E-state index contributed by atoms with van der Waals surface area (Å²) in [6, 6.07) is 3.98. The highest BCUT2D eigenvalue weighted by Crippen LogP contribution is 2.41. The van der Waals surface area contributed by atoms with E-state index in [-0.39, 0.29) is 0 Å². The van der Waals surface area contributed by atoms with E-state index in [0.717, 1.165) is 26.9 Å². The van der Waals surface area contributed by atoms with Gasteiger partial charge in [0.25, 0.3) is 0 Å². The van der Waals surface area contributed by atoms with Gasteiger partial charge in [0.2, 0.25) is 0 Å². The maximum Gasteiger partial charge on any atom is 0.130 e. The van der Waals surface area contributed by atoms with Crippen LogP contribution < -0.4 is 10.5 Å². The molecule has 0 radical (unpaired) electrons. The number of ether oxygens (including phenoxy) is 1. The lowest BCUT2D eigenvalue weighted by atomic mass is 10.0. The predicted octanol–water partition coefficient (Wildman–Crippen LogP) is 2.75. The molecule has 2 rings (SSSR count). The van der Waals surface area contributed by atoms with E-state index in [1.54, 1.807) is 18.0 Å². The first-order valence-electron chi connectivity index (χ1n) is 5.17. The number of halogens is 1. The Morgan fingerprint density at radius 1 is 1.41 bits per heavy atom. The van der Waals surface area contributed by atoms with Gasteiger partial charge in [-0.05, 0) is 18.6 Å². The first-order chi connectivity index (χ1) is 8.06. The highest BCUT2D eigenvalue weighted by Gasteiger charge is 2.17. The topological polar surface area (TPSA) is 53.1 Å². The molecular formula is C12H14BrN3O. The number of hydrogen-bond acceptors (Lipinski definition) is 3. The summed E-state index contributed by atoms with van der Waals surface area (Å²) >= 11 is 3.53. The maximum atomic E-state index is 6.00. The van der Waals surface area contributed by atoms with Crippen molar-refractivity contribution >= 4 is 21.7 Å². The Balaban J connectivity index is 2.74. The van der Waals surface area contributed by atoms with Gasteiger partial charge >= 0.3 is 0 Å². The molecule has 0 aliphatic rings. The predicted molar refractivity (Wildman–Crippen MR) is 72.0 cm³/mol. The molecule has 17 heavy (non-hydrogen) atoms. The van der Waals surface area contributed by atoms with Gasteiger partial charge in [-0.1, -0.05) is 22.0 Å². The number of nitrogens with zero attached hydrogens (tertiary/aromatic N) is 2. The molecule has 0 saturated heterocycles. The smallest absolute Gasteiger partial charge is 0.130 e. The van der Waals surface area contributed by atoms with Crippen LogP contribution in [0.25, 0.3) is 11.1 Å². The number of aromatic nitrogens is 2. The molecule has 4 nitrogen and oxygen atoms in total. The molecule has 0 amide bonds. The minimum Gasteiger partial charge on any atom is -0.496 e. The van der Waals surface area contributed by atoms with Crippen LogP contribution in [0.5, 0.6) is 5.75 Å². The largest absolute Gasteiger partial charge is 0.496 e. The molecule has 5 heteroatoms. The van der Waals surface area contributed by atoms with Crippen LogP contribution in [0.4, 0.5) is 5.82 Å². The quantitative estimate of drug-likeness (QED) is 0.927. The average Bonchev–Trinajstić information content (AvgIpc) is 2.63. The van der Waals surface area contributed by atoms with Gasteiger partial charge in [-0.25, -0.2) is 0 Å². The zero-order chi connectivity index (χ0) is 12.6. The van der Waals surface area contributed by atoms with Gasteiger partial charge in [0.15, 0.2) is 0 Å². The number of rotatable bonds is 2. The van der Waals surface area contributed by atoms with Crippen molar-refractivity contribution in [1.82, 2.24) is 9.78 Å². The van der Waals surface area contributed by atoms with Crippen molar-refractivity contribution < 1.29 is 4.74 Å². The fourth-order valence-corrected chi connectivity index (χ4v) is 2.34. The monoisotopic (exact) mass is 295 g/mol. The van der Waals surface area contributed by atoms with E-state index in [1.165, 1.54) is 0 Å². The van der Waals surface area contributed by atoms with Crippen LogP contribution in [0.1, 0.15) is 5.56 Å². The summed E-state index contributed by atoms with van der Waals surface area (Å²) in [5, 5.41) is 4.15. The van der Waals surface area contributed by atoms with Crippen LogP contribution >= 0.6 is 15.9 Å². The molecule has 0 bridgehead atoms. The zero-order valence-electron chi connectivity index (χ0n) is 9.99. The van der Waals surface area contributed by atoms with Gasteiger partial charge < -0.3 is 10.5 Å². The Hall–Kier alpha value is -1.49. The van der Waals surface area contributed by atoms with Crippen molar-refractivity contribution in [2.24, 2.45) is 7.05 Å². The lowest BCUT2D eigenvalue weighted by Crippen LogP contribution is -1.99. The number of nitrogen functional groups attached to an aromatic ring is 1. The van der Waals surface area contributed by atoms with Crippen molar-refractivity contribution in [1.29, 1.82) is 0 Å². The van der Waals surface area contributed by atoms with E-state index in [2.05, 4.69) is 21.0 Å². The average molecular weight is 296 g/mol. The van der Waals surface area contributed by atoms with Gasteiger partial charge in [-0.2, -0.15) is 5.10 Å². The summed E-state index contributed by atoms with van der Waals surface area (Å²) in [6.45, 7) is 2.00. The lowest BCUT2D eigenvalue weighted by molar-refractivity contribution is 0.413. The molecule has 1 aromatic carbocycles. The van der Waals surface area contributed by atoms with E-state index in [4.69, 9.17) is 10.5 Å². The molecule has 0 saturated carbocycles. The molecule has 0 aliphatic carbocycles. The summed E-state index contributed by atoms with van der Waals surface area (Å²) in [7, 11) is 3.47. The van der Waals surface area contributed by atoms with Crippen LogP contribution in [-0.2, 0) is 7.05 Å². The van der Waals surface area contributed by atoms with E-state index < -0.39 is 0 Å². The lowest BCUT2D eigenvalue weighted by Gasteiger charge is -2.12. The maximum absolute atomic E-state index is 6.00. The normalized spacial score (nSPS) is 10.6. The highest BCUT2D eigenvalue weighted by atomic mass is 79.9.